The fraction of sp³-hybridized carbons (Fsp3) is 0.182. The first-order valence-electron chi connectivity index (χ1n) is 9.01. The van der Waals surface area contributed by atoms with E-state index in [1.165, 1.54) is 18.5 Å². The SMILES string of the molecule is CCCn1ccc2cc(NC(=O)/C=C/c3ccc(NC(C)=O)cc3)ccc21. The van der Waals surface area contributed by atoms with Crippen molar-refractivity contribution in [2.24, 2.45) is 0 Å². The average molecular weight is 361 g/mol. The number of fused-ring (bicyclic) bond motifs is 1. The van der Waals surface area contributed by atoms with E-state index in [2.05, 4.69) is 34.4 Å². The van der Waals surface area contributed by atoms with E-state index in [0.29, 0.717) is 0 Å². The zero-order chi connectivity index (χ0) is 19.2. The molecular formula is C22H23N3O2. The summed E-state index contributed by atoms with van der Waals surface area (Å²) in [4.78, 5) is 23.2. The van der Waals surface area contributed by atoms with Crippen LogP contribution >= 0.6 is 0 Å². The van der Waals surface area contributed by atoms with Crippen molar-refractivity contribution in [2.45, 2.75) is 26.8 Å². The van der Waals surface area contributed by atoms with Crippen LogP contribution < -0.4 is 10.6 Å². The van der Waals surface area contributed by atoms with E-state index >= 15 is 0 Å². The molecule has 5 nitrogen and oxygen atoms in total. The van der Waals surface area contributed by atoms with Crippen molar-refractivity contribution in [2.75, 3.05) is 10.6 Å². The van der Waals surface area contributed by atoms with Crippen LogP contribution in [-0.2, 0) is 16.1 Å². The number of hydrogen-bond acceptors (Lipinski definition) is 2. The maximum Gasteiger partial charge on any atom is 0.248 e. The average Bonchev–Trinajstić information content (AvgIpc) is 3.03. The van der Waals surface area contributed by atoms with E-state index < -0.39 is 0 Å². The summed E-state index contributed by atoms with van der Waals surface area (Å²) in [5, 5.41) is 6.71. The highest BCUT2D eigenvalue weighted by Crippen LogP contribution is 2.21. The number of rotatable bonds is 6. The van der Waals surface area contributed by atoms with Crippen LogP contribution in [-0.4, -0.2) is 16.4 Å². The van der Waals surface area contributed by atoms with Gasteiger partial charge in [0, 0.05) is 48.0 Å². The maximum atomic E-state index is 12.2. The number of amides is 2. The summed E-state index contributed by atoms with van der Waals surface area (Å²) in [6.07, 6.45) is 6.39. The fourth-order valence-electron chi connectivity index (χ4n) is 2.95. The number of nitrogens with zero attached hydrogens (tertiary/aromatic N) is 1. The Balaban J connectivity index is 1.64. The standard InChI is InChI=1S/C22H23N3O2/c1-3-13-25-14-12-18-15-20(9-10-21(18)25)24-22(27)11-6-17-4-7-19(8-5-17)23-16(2)26/h4-12,14-15H,3,13H2,1-2H3,(H,23,26)(H,24,27)/b11-6+. The lowest BCUT2D eigenvalue weighted by Crippen LogP contribution is -2.07. The molecule has 27 heavy (non-hydrogen) atoms. The van der Waals surface area contributed by atoms with Crippen LogP contribution in [0.2, 0.25) is 0 Å². The lowest BCUT2D eigenvalue weighted by Gasteiger charge is -2.05. The van der Waals surface area contributed by atoms with Crippen LogP contribution in [0.15, 0.2) is 60.8 Å². The van der Waals surface area contributed by atoms with Crippen molar-refractivity contribution in [1.82, 2.24) is 4.57 Å². The summed E-state index contributed by atoms with van der Waals surface area (Å²) in [6, 6.07) is 15.3. The molecule has 0 aliphatic rings. The Morgan fingerprint density at radius 2 is 1.74 bits per heavy atom. The number of anilines is 2. The summed E-state index contributed by atoms with van der Waals surface area (Å²) < 4.78 is 2.21. The third kappa shape index (κ3) is 4.85. The van der Waals surface area contributed by atoms with E-state index in [0.717, 1.165) is 35.3 Å². The van der Waals surface area contributed by atoms with Crippen LogP contribution in [0.5, 0.6) is 0 Å². The molecule has 138 valence electrons. The molecule has 0 radical (unpaired) electrons. The number of carbonyl (C=O) groups excluding carboxylic acids is 2. The van der Waals surface area contributed by atoms with Gasteiger partial charge in [0.15, 0.2) is 0 Å². The van der Waals surface area contributed by atoms with Crippen molar-refractivity contribution in [3.05, 3.63) is 66.4 Å². The topological polar surface area (TPSA) is 63.1 Å². The number of carbonyl (C=O) groups is 2. The van der Waals surface area contributed by atoms with Gasteiger partial charge in [0.25, 0.3) is 0 Å². The Morgan fingerprint density at radius 1 is 1.00 bits per heavy atom. The van der Waals surface area contributed by atoms with Crippen LogP contribution in [0.4, 0.5) is 11.4 Å². The largest absolute Gasteiger partial charge is 0.347 e. The summed E-state index contributed by atoms with van der Waals surface area (Å²) in [6.45, 7) is 4.60. The van der Waals surface area contributed by atoms with Crippen molar-refractivity contribution in [3.63, 3.8) is 0 Å². The molecule has 0 aliphatic heterocycles. The molecule has 2 N–H and O–H groups in total. The lowest BCUT2D eigenvalue weighted by atomic mass is 10.2. The predicted octanol–water partition coefficient (Wildman–Crippen LogP) is 4.66. The Morgan fingerprint density at radius 3 is 2.44 bits per heavy atom. The van der Waals surface area contributed by atoms with Gasteiger partial charge in [0.2, 0.25) is 11.8 Å². The molecule has 0 saturated carbocycles. The first kappa shape index (κ1) is 18.5. The van der Waals surface area contributed by atoms with Gasteiger partial charge in [-0.1, -0.05) is 19.1 Å². The first-order valence-corrected chi connectivity index (χ1v) is 9.01. The summed E-state index contributed by atoms with van der Waals surface area (Å²) in [5.41, 5.74) is 3.55. The minimum absolute atomic E-state index is 0.111. The molecule has 0 saturated heterocycles. The fourth-order valence-corrected chi connectivity index (χ4v) is 2.95. The molecule has 2 amide bonds. The van der Waals surface area contributed by atoms with Gasteiger partial charge in [0.05, 0.1) is 0 Å². The smallest absolute Gasteiger partial charge is 0.248 e. The molecule has 5 heteroatoms. The molecule has 1 heterocycles. The van der Waals surface area contributed by atoms with Gasteiger partial charge < -0.3 is 15.2 Å². The third-order valence-electron chi connectivity index (χ3n) is 4.16. The monoisotopic (exact) mass is 361 g/mol. The minimum atomic E-state index is -0.187. The molecule has 3 rings (SSSR count). The Labute approximate surface area is 158 Å². The van der Waals surface area contributed by atoms with Gasteiger partial charge in [-0.15, -0.1) is 0 Å². The highest BCUT2D eigenvalue weighted by molar-refractivity contribution is 6.03. The molecule has 2 aromatic carbocycles. The van der Waals surface area contributed by atoms with Crippen molar-refractivity contribution in [3.8, 4) is 0 Å². The van der Waals surface area contributed by atoms with Gasteiger partial charge >= 0.3 is 0 Å². The Hall–Kier alpha value is -3.34. The molecule has 0 bridgehead atoms. The zero-order valence-electron chi connectivity index (χ0n) is 15.5. The number of aromatic nitrogens is 1. The molecule has 3 aromatic rings. The molecule has 0 aliphatic carbocycles. The van der Waals surface area contributed by atoms with Crippen molar-refractivity contribution >= 4 is 40.2 Å². The highest BCUT2D eigenvalue weighted by Gasteiger charge is 2.03. The van der Waals surface area contributed by atoms with Crippen LogP contribution in [0.3, 0.4) is 0 Å². The first-order chi connectivity index (χ1) is 13.0. The van der Waals surface area contributed by atoms with E-state index in [4.69, 9.17) is 0 Å². The van der Waals surface area contributed by atoms with Gasteiger partial charge in [0.1, 0.15) is 0 Å². The zero-order valence-corrected chi connectivity index (χ0v) is 15.5. The van der Waals surface area contributed by atoms with Gasteiger partial charge in [-0.25, -0.2) is 0 Å². The summed E-state index contributed by atoms with van der Waals surface area (Å²) in [5.74, 6) is -0.298. The van der Waals surface area contributed by atoms with Gasteiger partial charge in [-0.05, 0) is 54.5 Å². The quantitative estimate of drug-likeness (QED) is 0.627. The number of nitrogens with one attached hydrogen (secondary N) is 2. The lowest BCUT2D eigenvalue weighted by molar-refractivity contribution is -0.114. The molecular weight excluding hydrogens is 338 g/mol. The number of benzene rings is 2. The molecule has 0 spiro atoms. The summed E-state index contributed by atoms with van der Waals surface area (Å²) >= 11 is 0. The maximum absolute atomic E-state index is 12.2. The molecule has 1 aromatic heterocycles. The highest BCUT2D eigenvalue weighted by atomic mass is 16.2. The third-order valence-corrected chi connectivity index (χ3v) is 4.16. The second-order valence-corrected chi connectivity index (χ2v) is 6.41. The van der Waals surface area contributed by atoms with Crippen LogP contribution in [0, 0.1) is 0 Å². The normalized spacial score (nSPS) is 11.0. The Kier molecular flexibility index (Phi) is 5.71. The van der Waals surface area contributed by atoms with E-state index in [1.54, 1.807) is 18.2 Å². The second-order valence-electron chi connectivity index (χ2n) is 6.41. The second kappa shape index (κ2) is 8.36. The minimum Gasteiger partial charge on any atom is -0.347 e. The predicted molar refractivity (Wildman–Crippen MR) is 111 cm³/mol. The van der Waals surface area contributed by atoms with E-state index in [1.807, 2.05) is 30.3 Å². The van der Waals surface area contributed by atoms with Gasteiger partial charge in [-0.3, -0.25) is 9.59 Å². The molecule has 0 unspecified atom stereocenters. The van der Waals surface area contributed by atoms with Gasteiger partial charge in [-0.2, -0.15) is 0 Å². The summed E-state index contributed by atoms with van der Waals surface area (Å²) in [7, 11) is 0. The van der Waals surface area contributed by atoms with Crippen molar-refractivity contribution < 1.29 is 9.59 Å². The van der Waals surface area contributed by atoms with E-state index in [-0.39, 0.29) is 11.8 Å². The van der Waals surface area contributed by atoms with E-state index in [9.17, 15) is 9.59 Å². The number of hydrogen-bond donors (Lipinski definition) is 2. The number of aryl methyl sites for hydroxylation is 1. The van der Waals surface area contributed by atoms with Crippen LogP contribution in [0.1, 0.15) is 25.8 Å². The van der Waals surface area contributed by atoms with Crippen molar-refractivity contribution in [1.29, 1.82) is 0 Å². The molecule has 0 atom stereocenters. The molecule has 0 fully saturated rings. The van der Waals surface area contributed by atoms with Crippen LogP contribution in [0.25, 0.3) is 17.0 Å². The Bertz CT molecular complexity index is 984.